The summed E-state index contributed by atoms with van der Waals surface area (Å²) < 4.78 is 0. The van der Waals surface area contributed by atoms with Crippen LogP contribution in [-0.2, 0) is 11.2 Å². The number of amides is 1. The number of nitrogens with one attached hydrogen (secondary N) is 2. The first-order chi connectivity index (χ1) is 14.2. The number of guanidine groups is 1. The molecule has 3 fully saturated rings. The van der Waals surface area contributed by atoms with Crippen LogP contribution in [0.3, 0.4) is 0 Å². The first-order valence-corrected chi connectivity index (χ1v) is 11.8. The Morgan fingerprint density at radius 1 is 1.20 bits per heavy atom. The second kappa shape index (κ2) is 11.5. The van der Waals surface area contributed by atoms with Crippen LogP contribution in [-0.4, -0.2) is 92.1 Å². The van der Waals surface area contributed by atoms with Crippen molar-refractivity contribution in [2.24, 2.45) is 4.99 Å². The van der Waals surface area contributed by atoms with E-state index in [1.54, 1.807) is 11.3 Å². The van der Waals surface area contributed by atoms with Crippen LogP contribution in [0.25, 0.3) is 0 Å². The predicted octanol–water partition coefficient (Wildman–Crippen LogP) is 1.38. The monoisotopic (exact) mass is 547 g/mol. The summed E-state index contributed by atoms with van der Waals surface area (Å²) in [6.45, 7) is 7.21. The van der Waals surface area contributed by atoms with Gasteiger partial charge in [-0.05, 0) is 25.7 Å². The van der Waals surface area contributed by atoms with E-state index in [-0.39, 0.29) is 29.9 Å². The molecular weight excluding hydrogens is 513 g/mol. The van der Waals surface area contributed by atoms with Crippen molar-refractivity contribution in [3.8, 4) is 0 Å². The summed E-state index contributed by atoms with van der Waals surface area (Å²) in [4.78, 5) is 28.1. The smallest absolute Gasteiger partial charge is 0.234 e. The molecule has 0 spiro atoms. The van der Waals surface area contributed by atoms with Crippen molar-refractivity contribution >= 4 is 52.3 Å². The molecule has 0 bridgehead atoms. The molecular formula is C20H34IN7OS. The number of anilines is 1. The van der Waals surface area contributed by atoms with Gasteiger partial charge in [0.1, 0.15) is 0 Å². The Morgan fingerprint density at radius 3 is 2.60 bits per heavy atom. The Hall–Kier alpha value is -1.14. The summed E-state index contributed by atoms with van der Waals surface area (Å²) in [7, 11) is 1.84. The van der Waals surface area contributed by atoms with E-state index in [0.717, 1.165) is 76.7 Å². The Labute approximate surface area is 200 Å². The number of carbonyl (C=O) groups excluding carboxylic acids is 1. The van der Waals surface area contributed by atoms with Crippen molar-refractivity contribution in [3.05, 3.63) is 11.1 Å². The Morgan fingerprint density at radius 2 is 1.93 bits per heavy atom. The standard InChI is InChI=1S/C20H33N7OS.HI/c1-21-19(22-7-6-17-15-29-20(24-17)27-8-2-3-9-27)26-12-10-25(11-13-26)14-18(28)23-16-4-5-16;/h15-16H,2-14H2,1H3,(H,21,22)(H,23,28);1H. The van der Waals surface area contributed by atoms with Gasteiger partial charge in [-0.1, -0.05) is 0 Å². The molecule has 8 nitrogen and oxygen atoms in total. The number of aromatic nitrogens is 1. The topological polar surface area (TPSA) is 76.1 Å². The zero-order valence-corrected chi connectivity index (χ0v) is 21.0. The van der Waals surface area contributed by atoms with E-state index in [1.165, 1.54) is 18.0 Å². The molecule has 1 aliphatic carbocycles. The molecule has 0 radical (unpaired) electrons. The summed E-state index contributed by atoms with van der Waals surface area (Å²) in [6.07, 6.45) is 5.76. The number of aliphatic imine (C=N–C) groups is 1. The minimum Gasteiger partial charge on any atom is -0.356 e. The fraction of sp³-hybridized carbons (Fsp3) is 0.750. The van der Waals surface area contributed by atoms with Gasteiger partial charge in [-0.2, -0.15) is 0 Å². The van der Waals surface area contributed by atoms with Gasteiger partial charge in [0.25, 0.3) is 0 Å². The Balaban J connectivity index is 0.00000256. The van der Waals surface area contributed by atoms with Gasteiger partial charge in [0.05, 0.1) is 12.2 Å². The van der Waals surface area contributed by atoms with Gasteiger partial charge in [-0.15, -0.1) is 35.3 Å². The second-order valence-corrected chi connectivity index (χ2v) is 8.98. The molecule has 2 saturated heterocycles. The van der Waals surface area contributed by atoms with Gasteiger partial charge in [0.15, 0.2) is 11.1 Å². The number of nitrogens with zero attached hydrogens (tertiary/aromatic N) is 5. The largest absolute Gasteiger partial charge is 0.356 e. The number of thiazole rings is 1. The van der Waals surface area contributed by atoms with E-state index in [9.17, 15) is 4.79 Å². The first kappa shape index (κ1) is 23.5. The summed E-state index contributed by atoms with van der Waals surface area (Å²) in [5, 5.41) is 9.91. The van der Waals surface area contributed by atoms with Crippen molar-refractivity contribution in [2.75, 3.05) is 64.3 Å². The highest BCUT2D eigenvalue weighted by Gasteiger charge is 2.26. The van der Waals surface area contributed by atoms with Crippen molar-refractivity contribution < 1.29 is 4.79 Å². The molecule has 1 aromatic rings. The lowest BCUT2D eigenvalue weighted by atomic mass is 10.3. The summed E-state index contributed by atoms with van der Waals surface area (Å²) in [5.41, 5.74) is 1.16. The number of carbonyl (C=O) groups is 1. The zero-order valence-electron chi connectivity index (χ0n) is 17.8. The molecule has 4 rings (SSSR count). The number of hydrogen-bond acceptors (Lipinski definition) is 6. The third-order valence-electron chi connectivity index (χ3n) is 5.77. The van der Waals surface area contributed by atoms with Gasteiger partial charge in [-0.3, -0.25) is 14.7 Å². The lowest BCUT2D eigenvalue weighted by Gasteiger charge is -2.36. The molecule has 10 heteroatoms. The maximum atomic E-state index is 12.0. The maximum absolute atomic E-state index is 12.0. The normalized spacial score (nSPS) is 20.2. The zero-order chi connectivity index (χ0) is 20.1. The molecule has 30 heavy (non-hydrogen) atoms. The van der Waals surface area contributed by atoms with Crippen LogP contribution in [0.1, 0.15) is 31.4 Å². The maximum Gasteiger partial charge on any atom is 0.234 e. The van der Waals surface area contributed by atoms with Crippen LogP contribution in [0.15, 0.2) is 10.4 Å². The van der Waals surface area contributed by atoms with Gasteiger partial charge >= 0.3 is 0 Å². The van der Waals surface area contributed by atoms with Gasteiger partial charge in [0.2, 0.25) is 5.91 Å². The molecule has 3 aliphatic rings. The second-order valence-electron chi connectivity index (χ2n) is 8.14. The van der Waals surface area contributed by atoms with E-state index in [0.29, 0.717) is 12.6 Å². The van der Waals surface area contributed by atoms with Crippen molar-refractivity contribution in [2.45, 2.75) is 38.1 Å². The van der Waals surface area contributed by atoms with E-state index in [4.69, 9.17) is 4.98 Å². The quantitative estimate of drug-likeness (QED) is 0.305. The molecule has 1 amide bonds. The fourth-order valence-electron chi connectivity index (χ4n) is 3.92. The highest BCUT2D eigenvalue weighted by molar-refractivity contribution is 14.0. The molecule has 168 valence electrons. The minimum atomic E-state index is 0. The van der Waals surface area contributed by atoms with Crippen LogP contribution >= 0.6 is 35.3 Å². The van der Waals surface area contributed by atoms with E-state index in [2.05, 4.69) is 35.7 Å². The molecule has 3 heterocycles. The van der Waals surface area contributed by atoms with Gasteiger partial charge < -0.3 is 20.4 Å². The number of rotatable bonds is 7. The molecule has 1 saturated carbocycles. The molecule has 2 N–H and O–H groups in total. The van der Waals surface area contributed by atoms with E-state index >= 15 is 0 Å². The molecule has 0 atom stereocenters. The van der Waals surface area contributed by atoms with E-state index in [1.807, 2.05) is 7.05 Å². The average Bonchev–Trinajstić information content (AvgIpc) is 3.19. The van der Waals surface area contributed by atoms with Crippen LogP contribution in [0.4, 0.5) is 5.13 Å². The average molecular weight is 548 g/mol. The lowest BCUT2D eigenvalue weighted by molar-refractivity contribution is -0.122. The Kier molecular flexibility index (Phi) is 8.99. The van der Waals surface area contributed by atoms with Crippen LogP contribution in [0.5, 0.6) is 0 Å². The SMILES string of the molecule is CN=C(NCCc1csc(N2CCCC2)n1)N1CCN(CC(=O)NC2CC2)CC1.I. The lowest BCUT2D eigenvalue weighted by Crippen LogP contribution is -2.54. The van der Waals surface area contributed by atoms with Crippen LogP contribution < -0.4 is 15.5 Å². The fourth-order valence-corrected chi connectivity index (χ4v) is 4.83. The van der Waals surface area contributed by atoms with Crippen molar-refractivity contribution in [3.63, 3.8) is 0 Å². The summed E-state index contributed by atoms with van der Waals surface area (Å²) in [5.74, 6) is 1.11. The van der Waals surface area contributed by atoms with Crippen molar-refractivity contribution in [1.29, 1.82) is 0 Å². The molecule has 1 aromatic heterocycles. The summed E-state index contributed by atoms with van der Waals surface area (Å²) in [6, 6.07) is 0.441. The van der Waals surface area contributed by atoms with Crippen molar-refractivity contribution in [1.82, 2.24) is 25.4 Å². The number of hydrogen-bond donors (Lipinski definition) is 2. The number of piperazine rings is 1. The van der Waals surface area contributed by atoms with Crippen LogP contribution in [0.2, 0.25) is 0 Å². The third-order valence-corrected chi connectivity index (χ3v) is 6.72. The predicted molar refractivity (Wildman–Crippen MR) is 133 cm³/mol. The minimum absolute atomic E-state index is 0. The highest BCUT2D eigenvalue weighted by Crippen LogP contribution is 2.24. The molecule has 0 aromatic carbocycles. The summed E-state index contributed by atoms with van der Waals surface area (Å²) >= 11 is 1.76. The van der Waals surface area contributed by atoms with Crippen LogP contribution in [0, 0.1) is 0 Å². The van der Waals surface area contributed by atoms with E-state index < -0.39 is 0 Å². The Bertz CT molecular complexity index is 710. The highest BCUT2D eigenvalue weighted by atomic mass is 127. The first-order valence-electron chi connectivity index (χ1n) is 10.9. The molecule has 2 aliphatic heterocycles. The third kappa shape index (κ3) is 6.68. The van der Waals surface area contributed by atoms with Gasteiger partial charge in [0, 0.05) is 70.7 Å². The number of halogens is 1. The van der Waals surface area contributed by atoms with Gasteiger partial charge in [-0.25, -0.2) is 4.98 Å². The molecule has 0 unspecified atom stereocenters.